The quantitative estimate of drug-likeness (QED) is 0.730. The van der Waals surface area contributed by atoms with Gasteiger partial charge in [-0.05, 0) is 13.0 Å². The third kappa shape index (κ3) is 3.79. The highest BCUT2D eigenvalue weighted by atomic mass is 35.5. The average molecular weight is 376 g/mol. The number of hydrogen-bond donors (Lipinski definition) is 1. The molecule has 0 aliphatic rings. The molecule has 2 rings (SSSR count). The van der Waals surface area contributed by atoms with Crippen LogP contribution in [0.15, 0.2) is 49.1 Å². The van der Waals surface area contributed by atoms with Gasteiger partial charge in [-0.1, -0.05) is 42.5 Å². The largest absolute Gasteiger partial charge is 0.489 e. The molecule has 0 spiro atoms. The van der Waals surface area contributed by atoms with Crippen LogP contribution in [-0.2, 0) is 10.4 Å². The van der Waals surface area contributed by atoms with E-state index in [2.05, 4.69) is 6.58 Å². The van der Waals surface area contributed by atoms with Crippen molar-refractivity contribution in [3.63, 3.8) is 0 Å². The van der Waals surface area contributed by atoms with E-state index in [0.29, 0.717) is 0 Å². The van der Waals surface area contributed by atoms with Crippen molar-refractivity contribution in [2.45, 2.75) is 12.5 Å². The molecular weight excluding hydrogens is 361 g/mol. The van der Waals surface area contributed by atoms with E-state index in [-0.39, 0.29) is 28.7 Å². The minimum atomic E-state index is -1.95. The minimum absolute atomic E-state index is 0.0725. The Bertz CT molecular complexity index is 894. The van der Waals surface area contributed by atoms with Crippen molar-refractivity contribution in [1.82, 2.24) is 0 Å². The highest BCUT2D eigenvalue weighted by Gasteiger charge is 2.40. The summed E-state index contributed by atoms with van der Waals surface area (Å²) >= 11 is 6.11. The van der Waals surface area contributed by atoms with Crippen LogP contribution in [0.2, 0.25) is 5.02 Å². The van der Waals surface area contributed by atoms with E-state index in [1.54, 1.807) is 18.2 Å². The van der Waals surface area contributed by atoms with Crippen molar-refractivity contribution in [3.8, 4) is 17.6 Å². The molecular formula is C19H15ClFNO4. The van der Waals surface area contributed by atoms with Gasteiger partial charge in [-0.15, -0.1) is 0 Å². The fourth-order valence-corrected chi connectivity index (χ4v) is 2.58. The fourth-order valence-electron chi connectivity index (χ4n) is 2.27. The van der Waals surface area contributed by atoms with E-state index in [9.17, 15) is 19.6 Å². The molecule has 7 heteroatoms. The van der Waals surface area contributed by atoms with Gasteiger partial charge in [-0.2, -0.15) is 5.26 Å². The Balaban J connectivity index is 2.57. The number of halogens is 2. The zero-order valence-electron chi connectivity index (χ0n) is 13.8. The first kappa shape index (κ1) is 19.3. The van der Waals surface area contributed by atoms with Crippen LogP contribution in [0.5, 0.6) is 11.5 Å². The molecule has 0 aliphatic heterocycles. The van der Waals surface area contributed by atoms with Gasteiger partial charge in [0.15, 0.2) is 0 Å². The second-order valence-electron chi connectivity index (χ2n) is 5.41. The van der Waals surface area contributed by atoms with Crippen LogP contribution < -0.4 is 9.47 Å². The topological polar surface area (TPSA) is 79.5 Å². The van der Waals surface area contributed by atoms with Crippen LogP contribution in [0.25, 0.3) is 0 Å². The van der Waals surface area contributed by atoms with E-state index >= 15 is 0 Å². The Kier molecular flexibility index (Phi) is 5.86. The Morgan fingerprint density at radius 1 is 1.46 bits per heavy atom. The molecule has 0 amide bonds. The maximum Gasteiger partial charge on any atom is 0.352 e. The second-order valence-corrected chi connectivity index (χ2v) is 5.82. The Labute approximate surface area is 154 Å². The summed E-state index contributed by atoms with van der Waals surface area (Å²) in [6, 6.07) is 10.2. The third-order valence-electron chi connectivity index (χ3n) is 3.62. The molecule has 1 atom stereocenters. The molecule has 1 N–H and O–H groups in total. The zero-order valence-corrected chi connectivity index (χ0v) is 14.6. The average Bonchev–Trinajstić information content (AvgIpc) is 2.60. The smallest absolute Gasteiger partial charge is 0.352 e. The van der Waals surface area contributed by atoms with Gasteiger partial charge in [0.05, 0.1) is 0 Å². The zero-order chi connectivity index (χ0) is 19.3. The van der Waals surface area contributed by atoms with Crippen LogP contribution >= 0.6 is 11.6 Å². The van der Waals surface area contributed by atoms with Gasteiger partial charge in [0, 0.05) is 22.7 Å². The van der Waals surface area contributed by atoms with Gasteiger partial charge in [0.25, 0.3) is 0 Å². The molecule has 0 saturated heterocycles. The van der Waals surface area contributed by atoms with Crippen molar-refractivity contribution in [2.24, 2.45) is 0 Å². The summed E-state index contributed by atoms with van der Waals surface area (Å²) < 4.78 is 25.1. The molecule has 0 aliphatic carbocycles. The Morgan fingerprint density at radius 2 is 2.15 bits per heavy atom. The van der Waals surface area contributed by atoms with Gasteiger partial charge in [-0.25, -0.2) is 9.18 Å². The lowest BCUT2D eigenvalue weighted by atomic mass is 9.95. The molecule has 134 valence electrons. The summed E-state index contributed by atoms with van der Waals surface area (Å²) in [4.78, 5) is 11.9. The lowest BCUT2D eigenvalue weighted by Gasteiger charge is -2.28. The maximum absolute atomic E-state index is 14.2. The van der Waals surface area contributed by atoms with E-state index in [4.69, 9.17) is 21.1 Å². The minimum Gasteiger partial charge on any atom is -0.489 e. The van der Waals surface area contributed by atoms with Crippen molar-refractivity contribution in [1.29, 1.82) is 5.26 Å². The number of ether oxygens (including phenoxy) is 2. The molecule has 0 radical (unpaired) electrons. The van der Waals surface area contributed by atoms with E-state index in [1.165, 1.54) is 31.2 Å². The first-order valence-corrected chi connectivity index (χ1v) is 7.86. The van der Waals surface area contributed by atoms with E-state index < -0.39 is 23.0 Å². The first-order valence-electron chi connectivity index (χ1n) is 7.48. The number of benzene rings is 2. The Hall–Kier alpha value is -3.04. The predicted molar refractivity (Wildman–Crippen MR) is 93.9 cm³/mol. The first-order chi connectivity index (χ1) is 12.3. The van der Waals surface area contributed by atoms with Gasteiger partial charge >= 0.3 is 5.97 Å². The molecule has 0 saturated carbocycles. The number of hydrogen-bond acceptors (Lipinski definition) is 4. The highest BCUT2D eigenvalue weighted by Crippen LogP contribution is 2.36. The number of rotatable bonds is 7. The van der Waals surface area contributed by atoms with Crippen molar-refractivity contribution < 1.29 is 23.8 Å². The third-order valence-corrected chi connectivity index (χ3v) is 3.95. The van der Waals surface area contributed by atoms with Crippen LogP contribution in [0.4, 0.5) is 4.39 Å². The fraction of sp³-hybridized carbons (Fsp3) is 0.158. The molecule has 0 aromatic heterocycles. The number of nitrogens with zero attached hydrogens (tertiary/aromatic N) is 1. The molecule has 0 heterocycles. The van der Waals surface area contributed by atoms with Crippen LogP contribution in [-0.4, -0.2) is 17.7 Å². The molecule has 2 aromatic carbocycles. The van der Waals surface area contributed by atoms with Crippen molar-refractivity contribution in [2.75, 3.05) is 6.61 Å². The van der Waals surface area contributed by atoms with E-state index in [0.717, 1.165) is 6.07 Å². The standard InChI is InChI=1S/C19H15ClFNO4/c1-3-8-25-12-9-16(21)13(11-22)17(10-12)26-19(2,18(23)24)14-6-4-5-7-15(14)20/h3-7,9-10H,1,8H2,2H3,(H,23,24). The molecule has 1 unspecified atom stereocenters. The molecule has 2 aromatic rings. The van der Waals surface area contributed by atoms with E-state index in [1.807, 2.05) is 0 Å². The molecule has 0 bridgehead atoms. The monoisotopic (exact) mass is 375 g/mol. The SMILES string of the molecule is C=CCOc1cc(F)c(C#N)c(OC(C)(C(=O)O)c2ccccc2Cl)c1. The van der Waals surface area contributed by atoms with Crippen LogP contribution in [0.3, 0.4) is 0 Å². The molecule has 5 nitrogen and oxygen atoms in total. The Morgan fingerprint density at radius 3 is 2.73 bits per heavy atom. The number of carbonyl (C=O) groups is 1. The highest BCUT2D eigenvalue weighted by molar-refractivity contribution is 6.31. The lowest BCUT2D eigenvalue weighted by Crippen LogP contribution is -2.39. The number of carboxylic acid groups (broad SMARTS) is 1. The normalized spacial score (nSPS) is 12.5. The maximum atomic E-state index is 14.2. The summed E-state index contributed by atoms with van der Waals surface area (Å²) in [7, 11) is 0. The second kappa shape index (κ2) is 7.89. The van der Waals surface area contributed by atoms with Gasteiger partial charge in [-0.3, -0.25) is 0 Å². The molecule has 0 fully saturated rings. The van der Waals surface area contributed by atoms with Crippen LogP contribution in [0, 0.1) is 17.1 Å². The molecule has 26 heavy (non-hydrogen) atoms. The predicted octanol–water partition coefficient (Wildman–Crippen LogP) is 4.29. The number of aliphatic carboxylic acids is 1. The van der Waals surface area contributed by atoms with Crippen LogP contribution in [0.1, 0.15) is 18.1 Å². The van der Waals surface area contributed by atoms with Crippen molar-refractivity contribution in [3.05, 3.63) is 71.0 Å². The summed E-state index contributed by atoms with van der Waals surface area (Å²) in [5.41, 5.74) is -2.22. The summed E-state index contributed by atoms with van der Waals surface area (Å²) in [6.07, 6.45) is 1.46. The summed E-state index contributed by atoms with van der Waals surface area (Å²) in [5, 5.41) is 19.1. The van der Waals surface area contributed by atoms with Gasteiger partial charge < -0.3 is 14.6 Å². The van der Waals surface area contributed by atoms with Crippen molar-refractivity contribution >= 4 is 17.6 Å². The summed E-state index contributed by atoms with van der Waals surface area (Å²) in [6.45, 7) is 4.86. The number of nitriles is 1. The lowest BCUT2D eigenvalue weighted by molar-refractivity contribution is -0.154. The van der Waals surface area contributed by atoms with Gasteiger partial charge in [0.1, 0.15) is 35.6 Å². The van der Waals surface area contributed by atoms with Gasteiger partial charge in [0.2, 0.25) is 5.60 Å². The summed E-state index contributed by atoms with van der Waals surface area (Å²) in [5.74, 6) is -2.44. The number of carboxylic acids is 1.